The van der Waals surface area contributed by atoms with Crippen molar-refractivity contribution in [1.29, 1.82) is 0 Å². The molecule has 0 aromatic carbocycles. The van der Waals surface area contributed by atoms with Crippen molar-refractivity contribution in [3.05, 3.63) is 0 Å². The van der Waals surface area contributed by atoms with E-state index in [9.17, 15) is 15.3 Å². The average molecular weight is 286 g/mol. The van der Waals surface area contributed by atoms with Crippen molar-refractivity contribution in [3.63, 3.8) is 0 Å². The van der Waals surface area contributed by atoms with Crippen LogP contribution in [-0.2, 0) is 4.74 Å². The highest BCUT2D eigenvalue weighted by atomic mass is 16.6. The van der Waals surface area contributed by atoms with Crippen molar-refractivity contribution in [2.75, 3.05) is 20.3 Å². The third-order valence-corrected chi connectivity index (χ3v) is 3.93. The van der Waals surface area contributed by atoms with Gasteiger partial charge in [0, 0.05) is 0 Å². The van der Waals surface area contributed by atoms with Gasteiger partial charge in [0.05, 0.1) is 13.3 Å². The summed E-state index contributed by atoms with van der Waals surface area (Å²) < 4.78 is 5.49. The van der Waals surface area contributed by atoms with Crippen LogP contribution < -0.4 is 0 Å². The van der Waals surface area contributed by atoms with E-state index >= 15 is 0 Å². The molecule has 20 heavy (non-hydrogen) atoms. The minimum Gasteiger partial charge on any atom is -0.394 e. The van der Waals surface area contributed by atoms with Gasteiger partial charge in [-0.3, -0.25) is 4.90 Å². The molecule has 3 aliphatic rings. The third kappa shape index (κ3) is 1.94. The lowest BCUT2D eigenvalue weighted by Gasteiger charge is -2.29. The van der Waals surface area contributed by atoms with Gasteiger partial charge in [0.25, 0.3) is 0 Å². The molecule has 3 unspecified atom stereocenters. The summed E-state index contributed by atoms with van der Waals surface area (Å²) in [4.78, 5) is 11.5. The summed E-state index contributed by atoms with van der Waals surface area (Å²) in [5, 5.41) is 38.9. The molecule has 0 radical (unpaired) electrons. The van der Waals surface area contributed by atoms with Gasteiger partial charge in [-0.2, -0.15) is 0 Å². The lowest BCUT2D eigenvalue weighted by atomic mass is 10.1. The Balaban J connectivity index is 1.85. The van der Waals surface area contributed by atoms with Crippen molar-refractivity contribution in [3.8, 4) is 0 Å². The van der Waals surface area contributed by atoms with Gasteiger partial charge in [0.15, 0.2) is 12.5 Å². The maximum absolute atomic E-state index is 10.1. The average Bonchev–Trinajstić information content (AvgIpc) is 2.90. The van der Waals surface area contributed by atoms with Crippen molar-refractivity contribution < 1.29 is 25.2 Å². The van der Waals surface area contributed by atoms with E-state index in [0.717, 1.165) is 0 Å². The molecular weight excluding hydrogens is 268 g/mol. The molecule has 3 heterocycles. The predicted octanol–water partition coefficient (Wildman–Crippen LogP) is -3.24. The maximum atomic E-state index is 10.1. The molecule has 9 heteroatoms. The summed E-state index contributed by atoms with van der Waals surface area (Å²) in [5.41, 5.74) is 0. The minimum atomic E-state index is -1.16. The molecule has 4 N–H and O–H groups in total. The van der Waals surface area contributed by atoms with E-state index in [2.05, 4.69) is 9.98 Å². The molecule has 0 amide bonds. The molecule has 0 saturated carbocycles. The van der Waals surface area contributed by atoms with Crippen LogP contribution in [0, 0.1) is 0 Å². The fraction of sp³-hybridized carbons (Fsp3) is 0.818. The van der Waals surface area contributed by atoms with Crippen molar-refractivity contribution >= 4 is 12.2 Å². The Kier molecular flexibility index (Phi) is 3.48. The number of ether oxygens (including phenoxy) is 1. The topological polar surface area (TPSA) is 121 Å². The number of hydrogen-bond acceptors (Lipinski definition) is 9. The molecule has 0 bridgehead atoms. The van der Waals surface area contributed by atoms with Crippen LogP contribution in [0.5, 0.6) is 0 Å². The van der Waals surface area contributed by atoms with E-state index in [1.165, 1.54) is 6.34 Å². The van der Waals surface area contributed by atoms with Gasteiger partial charge in [-0.25, -0.2) is 9.98 Å². The molecule has 3 rings (SSSR count). The fourth-order valence-electron chi connectivity index (χ4n) is 2.87. The Morgan fingerprint density at radius 3 is 2.75 bits per heavy atom. The van der Waals surface area contributed by atoms with Crippen molar-refractivity contribution in [2.45, 2.75) is 36.8 Å². The molecule has 9 nitrogen and oxygen atoms in total. The van der Waals surface area contributed by atoms with Crippen molar-refractivity contribution in [1.82, 2.24) is 9.80 Å². The second kappa shape index (κ2) is 5.02. The minimum absolute atomic E-state index is 0.372. The van der Waals surface area contributed by atoms with Crippen LogP contribution in [0.2, 0.25) is 0 Å². The summed E-state index contributed by atoms with van der Waals surface area (Å²) >= 11 is 0. The van der Waals surface area contributed by atoms with Gasteiger partial charge in [-0.05, 0) is 7.05 Å². The summed E-state index contributed by atoms with van der Waals surface area (Å²) in [6.45, 7) is -0.00505. The van der Waals surface area contributed by atoms with Gasteiger partial charge in [-0.15, -0.1) is 0 Å². The van der Waals surface area contributed by atoms with E-state index in [1.54, 1.807) is 11.9 Å². The first-order chi connectivity index (χ1) is 9.54. The van der Waals surface area contributed by atoms with Crippen LogP contribution in [-0.4, -0.2) is 99.5 Å². The van der Waals surface area contributed by atoms with E-state index in [1.807, 2.05) is 4.90 Å². The number of rotatable bonds is 2. The molecule has 0 aromatic rings. The highest BCUT2D eigenvalue weighted by Crippen LogP contribution is 2.30. The largest absolute Gasteiger partial charge is 0.394 e. The van der Waals surface area contributed by atoms with Gasteiger partial charge >= 0.3 is 0 Å². The van der Waals surface area contributed by atoms with E-state index < -0.39 is 36.8 Å². The maximum Gasteiger partial charge on any atom is 0.169 e. The lowest BCUT2D eigenvalue weighted by molar-refractivity contribution is -0.0744. The number of likely N-dealkylation sites (N-methyl/N-ethyl adjacent to an activating group) is 1. The van der Waals surface area contributed by atoms with E-state index in [-0.39, 0.29) is 6.61 Å². The molecular formula is C11H18N4O5. The summed E-state index contributed by atoms with van der Waals surface area (Å²) in [6, 6.07) is -0.402. The second-order valence-electron chi connectivity index (χ2n) is 5.21. The lowest BCUT2D eigenvalue weighted by Crippen LogP contribution is -2.48. The molecule has 0 aliphatic carbocycles. The number of amidine groups is 1. The molecule has 6 atom stereocenters. The summed E-state index contributed by atoms with van der Waals surface area (Å²) in [7, 11) is 1.80. The first-order valence-corrected chi connectivity index (χ1v) is 6.41. The van der Waals surface area contributed by atoms with Crippen molar-refractivity contribution in [2.24, 2.45) is 9.98 Å². The smallest absolute Gasteiger partial charge is 0.169 e. The number of fused-ring (bicyclic) bond motifs is 1. The van der Waals surface area contributed by atoms with Crippen LogP contribution in [0.3, 0.4) is 0 Å². The molecule has 0 spiro atoms. The zero-order valence-corrected chi connectivity index (χ0v) is 10.9. The predicted molar refractivity (Wildman–Crippen MR) is 68.0 cm³/mol. The number of hydrogen-bond donors (Lipinski definition) is 4. The molecule has 0 aromatic heterocycles. The Morgan fingerprint density at radius 1 is 1.35 bits per heavy atom. The standard InChI is InChI=1S/C11H18N4O5/c1-14-4-15(9-6(14)10(19)13-3-12-9)11-8(18)7(17)5(2-16)20-11/h3,5-8,10-11,16-19H,2,4H2,1H3/t5-,6?,7-,8-,10?,11?/m1/s1. The first kappa shape index (κ1) is 13.9. The van der Waals surface area contributed by atoms with Crippen LogP contribution in [0.4, 0.5) is 0 Å². The fourth-order valence-corrected chi connectivity index (χ4v) is 2.87. The normalized spacial score (nSPS) is 44.9. The van der Waals surface area contributed by atoms with Gasteiger partial charge in [0.2, 0.25) is 0 Å². The molecule has 2 fully saturated rings. The number of nitrogens with zero attached hydrogens (tertiary/aromatic N) is 4. The second-order valence-corrected chi connectivity index (χ2v) is 5.21. The van der Waals surface area contributed by atoms with E-state index in [0.29, 0.717) is 12.5 Å². The Bertz CT molecular complexity index is 445. The highest BCUT2D eigenvalue weighted by Gasteiger charge is 2.51. The highest BCUT2D eigenvalue weighted by molar-refractivity contribution is 5.96. The summed E-state index contributed by atoms with van der Waals surface area (Å²) in [5.74, 6) is 0.532. The Hall–Kier alpha value is -1.10. The van der Waals surface area contributed by atoms with Gasteiger partial charge in [-0.1, -0.05) is 0 Å². The number of aliphatic hydroxyl groups excluding tert-OH is 4. The molecule has 3 aliphatic heterocycles. The third-order valence-electron chi connectivity index (χ3n) is 3.93. The monoisotopic (exact) mass is 286 g/mol. The molecule has 2 saturated heterocycles. The van der Waals surface area contributed by atoms with Crippen LogP contribution in [0.1, 0.15) is 0 Å². The van der Waals surface area contributed by atoms with Crippen LogP contribution in [0.15, 0.2) is 9.98 Å². The Morgan fingerprint density at radius 2 is 2.10 bits per heavy atom. The first-order valence-electron chi connectivity index (χ1n) is 6.41. The zero-order chi connectivity index (χ0) is 14.4. The zero-order valence-electron chi connectivity index (χ0n) is 10.9. The molecule has 112 valence electrons. The SMILES string of the molecule is CN1CN(C2O[C@H](CO)[C@@H](O)[C@H]2O)C2=NC=NC(O)C21. The van der Waals surface area contributed by atoms with Crippen LogP contribution in [0.25, 0.3) is 0 Å². The summed E-state index contributed by atoms with van der Waals surface area (Å²) in [6.07, 6.45) is -3.61. The van der Waals surface area contributed by atoms with E-state index in [4.69, 9.17) is 9.84 Å². The number of aliphatic imine (C=N–C) groups is 2. The quantitative estimate of drug-likeness (QED) is 0.421. The van der Waals surface area contributed by atoms with Gasteiger partial charge in [0.1, 0.15) is 36.5 Å². The Labute approximate surface area is 115 Å². The number of aliphatic hydroxyl groups is 4. The van der Waals surface area contributed by atoms with Crippen LogP contribution >= 0.6 is 0 Å². The van der Waals surface area contributed by atoms with Gasteiger partial charge < -0.3 is 30.1 Å².